The molecule has 0 aliphatic rings. The molecule has 0 aliphatic heterocycles. The number of hydrogen-bond acceptors (Lipinski definition) is 5. The largest absolute Gasteiger partial charge is 0.383 e. The number of nitrogens with two attached hydrogens (primary N) is 1. The Morgan fingerprint density at radius 2 is 2.00 bits per heavy atom. The second-order valence-corrected chi connectivity index (χ2v) is 6.04. The maximum atomic E-state index is 11.5. The molecule has 2 heterocycles. The molecule has 0 bridgehead atoms. The fourth-order valence-electron chi connectivity index (χ4n) is 2.10. The molecule has 0 fully saturated rings. The lowest BCUT2D eigenvalue weighted by molar-refractivity contribution is 0.680. The fraction of sp³-hybridized carbons (Fsp3) is 0.133. The van der Waals surface area contributed by atoms with Crippen LogP contribution in [0.25, 0.3) is 11.3 Å². The van der Waals surface area contributed by atoms with E-state index in [9.17, 15) is 4.21 Å². The number of hydrogen-bond donors (Lipinski definition) is 1. The summed E-state index contributed by atoms with van der Waals surface area (Å²) < 4.78 is 13.2. The van der Waals surface area contributed by atoms with Crippen LogP contribution in [-0.4, -0.2) is 30.2 Å². The number of benzene rings is 1. The molecule has 1 unspecified atom stereocenters. The SMILES string of the molecule is CS(=O)c1nccc(-c2cnn(Cc3ccccc3)c2N)n1. The Labute approximate surface area is 130 Å². The molecular formula is C15H15N5OS. The van der Waals surface area contributed by atoms with E-state index < -0.39 is 10.8 Å². The zero-order chi connectivity index (χ0) is 15.5. The summed E-state index contributed by atoms with van der Waals surface area (Å²) in [7, 11) is -1.23. The van der Waals surface area contributed by atoms with Crippen LogP contribution in [-0.2, 0) is 17.3 Å². The summed E-state index contributed by atoms with van der Waals surface area (Å²) in [6, 6.07) is 11.7. The lowest BCUT2D eigenvalue weighted by Gasteiger charge is -2.05. The van der Waals surface area contributed by atoms with E-state index >= 15 is 0 Å². The summed E-state index contributed by atoms with van der Waals surface area (Å²) in [5, 5.41) is 4.60. The highest BCUT2D eigenvalue weighted by Gasteiger charge is 2.12. The van der Waals surface area contributed by atoms with E-state index in [1.165, 1.54) is 0 Å². The van der Waals surface area contributed by atoms with E-state index in [0.29, 0.717) is 23.6 Å². The van der Waals surface area contributed by atoms with Gasteiger partial charge in [0.25, 0.3) is 0 Å². The normalized spacial score (nSPS) is 12.2. The molecule has 3 aromatic rings. The van der Waals surface area contributed by atoms with Crippen LogP contribution in [0.3, 0.4) is 0 Å². The maximum Gasteiger partial charge on any atom is 0.218 e. The Hall–Kier alpha value is -2.54. The van der Waals surface area contributed by atoms with Crippen molar-refractivity contribution in [3.63, 3.8) is 0 Å². The monoisotopic (exact) mass is 313 g/mol. The van der Waals surface area contributed by atoms with Crippen LogP contribution in [0.2, 0.25) is 0 Å². The molecule has 1 atom stereocenters. The van der Waals surface area contributed by atoms with Gasteiger partial charge in [0.2, 0.25) is 5.16 Å². The highest BCUT2D eigenvalue weighted by atomic mass is 32.2. The Morgan fingerprint density at radius 3 is 2.73 bits per heavy atom. The van der Waals surface area contributed by atoms with Gasteiger partial charge in [0.1, 0.15) is 5.82 Å². The molecule has 2 N–H and O–H groups in total. The van der Waals surface area contributed by atoms with E-state index in [-0.39, 0.29) is 5.16 Å². The van der Waals surface area contributed by atoms with Gasteiger partial charge in [-0.15, -0.1) is 0 Å². The molecule has 0 saturated heterocycles. The summed E-state index contributed by atoms with van der Waals surface area (Å²) in [5.41, 5.74) is 8.62. The second-order valence-electron chi connectivity index (χ2n) is 4.77. The van der Waals surface area contributed by atoms with Crippen LogP contribution in [0, 0.1) is 0 Å². The van der Waals surface area contributed by atoms with Crippen molar-refractivity contribution < 1.29 is 4.21 Å². The van der Waals surface area contributed by atoms with Gasteiger partial charge in [-0.3, -0.25) is 4.21 Å². The van der Waals surface area contributed by atoms with E-state index in [0.717, 1.165) is 5.56 Å². The summed E-state index contributed by atoms with van der Waals surface area (Å²) >= 11 is 0. The predicted molar refractivity (Wildman–Crippen MR) is 85.5 cm³/mol. The molecule has 0 aliphatic carbocycles. The summed E-state index contributed by atoms with van der Waals surface area (Å²) in [6.07, 6.45) is 4.79. The zero-order valence-corrected chi connectivity index (χ0v) is 12.8. The number of aromatic nitrogens is 4. The van der Waals surface area contributed by atoms with Crippen LogP contribution in [0.15, 0.2) is 53.9 Å². The van der Waals surface area contributed by atoms with E-state index in [4.69, 9.17) is 5.73 Å². The number of nitrogens with zero attached hydrogens (tertiary/aromatic N) is 4. The third-order valence-electron chi connectivity index (χ3n) is 3.22. The van der Waals surface area contributed by atoms with Crippen molar-refractivity contribution in [2.75, 3.05) is 12.0 Å². The molecule has 6 nitrogen and oxygen atoms in total. The predicted octanol–water partition coefficient (Wildman–Crippen LogP) is 1.71. The third-order valence-corrected chi connectivity index (χ3v) is 3.93. The number of anilines is 1. The zero-order valence-electron chi connectivity index (χ0n) is 12.0. The molecule has 112 valence electrons. The van der Waals surface area contributed by atoms with E-state index in [2.05, 4.69) is 15.1 Å². The van der Waals surface area contributed by atoms with Gasteiger partial charge >= 0.3 is 0 Å². The first kappa shape index (κ1) is 14.4. The van der Waals surface area contributed by atoms with Gasteiger partial charge in [0.05, 0.1) is 34.8 Å². The minimum Gasteiger partial charge on any atom is -0.383 e. The first-order valence-corrected chi connectivity index (χ1v) is 8.23. The van der Waals surface area contributed by atoms with Crippen molar-refractivity contribution in [2.24, 2.45) is 0 Å². The van der Waals surface area contributed by atoms with Crippen LogP contribution in [0.1, 0.15) is 5.56 Å². The third kappa shape index (κ3) is 2.89. The van der Waals surface area contributed by atoms with E-state index in [1.54, 1.807) is 29.4 Å². The molecule has 2 aromatic heterocycles. The molecular weight excluding hydrogens is 298 g/mol. The first-order chi connectivity index (χ1) is 10.6. The second kappa shape index (κ2) is 6.07. The average Bonchev–Trinajstić information content (AvgIpc) is 2.89. The van der Waals surface area contributed by atoms with E-state index in [1.807, 2.05) is 30.3 Å². The summed E-state index contributed by atoms with van der Waals surface area (Å²) in [4.78, 5) is 8.27. The Balaban J connectivity index is 1.93. The van der Waals surface area contributed by atoms with Crippen LogP contribution >= 0.6 is 0 Å². The molecule has 1 aromatic carbocycles. The molecule has 7 heteroatoms. The smallest absolute Gasteiger partial charge is 0.218 e. The van der Waals surface area contributed by atoms with Gasteiger partial charge in [-0.25, -0.2) is 14.6 Å². The highest BCUT2D eigenvalue weighted by Crippen LogP contribution is 2.24. The molecule has 22 heavy (non-hydrogen) atoms. The minimum atomic E-state index is -1.23. The minimum absolute atomic E-state index is 0.285. The molecule has 0 saturated carbocycles. The molecule has 0 spiro atoms. The van der Waals surface area contributed by atoms with Crippen LogP contribution in [0.4, 0.5) is 5.82 Å². The quantitative estimate of drug-likeness (QED) is 0.741. The Kier molecular flexibility index (Phi) is 3.97. The standard InChI is InChI=1S/C15H15N5OS/c1-22(21)15-17-8-7-13(19-15)12-9-18-20(14(12)16)10-11-5-3-2-4-6-11/h2-9H,10,16H2,1H3. The van der Waals surface area contributed by atoms with Crippen molar-refractivity contribution in [3.8, 4) is 11.3 Å². The average molecular weight is 313 g/mol. The topological polar surface area (TPSA) is 86.7 Å². The van der Waals surface area contributed by atoms with Crippen molar-refractivity contribution in [3.05, 3.63) is 54.4 Å². The lowest BCUT2D eigenvalue weighted by atomic mass is 10.2. The number of nitrogen functional groups attached to an aromatic ring is 1. The molecule has 0 amide bonds. The van der Waals surface area contributed by atoms with Crippen LogP contribution < -0.4 is 5.73 Å². The molecule has 0 radical (unpaired) electrons. The van der Waals surface area contributed by atoms with Crippen molar-refractivity contribution in [1.82, 2.24) is 19.7 Å². The summed E-state index contributed by atoms with van der Waals surface area (Å²) in [6.45, 7) is 0.588. The van der Waals surface area contributed by atoms with Gasteiger partial charge < -0.3 is 5.73 Å². The van der Waals surface area contributed by atoms with Gasteiger partial charge in [-0.05, 0) is 11.6 Å². The van der Waals surface area contributed by atoms with Crippen LogP contribution in [0.5, 0.6) is 0 Å². The Morgan fingerprint density at radius 1 is 1.23 bits per heavy atom. The Bertz CT molecular complexity index is 816. The summed E-state index contributed by atoms with van der Waals surface area (Å²) in [5.74, 6) is 0.524. The maximum absolute atomic E-state index is 11.5. The number of rotatable bonds is 4. The van der Waals surface area contributed by atoms with Crippen molar-refractivity contribution in [2.45, 2.75) is 11.7 Å². The lowest BCUT2D eigenvalue weighted by Crippen LogP contribution is -2.06. The highest BCUT2D eigenvalue weighted by molar-refractivity contribution is 7.84. The molecule has 3 rings (SSSR count). The van der Waals surface area contributed by atoms with Gasteiger partial charge in [-0.1, -0.05) is 30.3 Å². The first-order valence-electron chi connectivity index (χ1n) is 6.67. The van der Waals surface area contributed by atoms with Gasteiger partial charge in [-0.2, -0.15) is 5.10 Å². The fourth-order valence-corrected chi connectivity index (χ4v) is 2.54. The van der Waals surface area contributed by atoms with Gasteiger partial charge in [0.15, 0.2) is 0 Å². The van der Waals surface area contributed by atoms with Gasteiger partial charge in [0, 0.05) is 12.5 Å². The van der Waals surface area contributed by atoms with Crippen molar-refractivity contribution in [1.29, 1.82) is 0 Å². The van der Waals surface area contributed by atoms with Crippen molar-refractivity contribution >= 4 is 16.6 Å².